The second-order valence-electron chi connectivity index (χ2n) is 6.07. The fourth-order valence-corrected chi connectivity index (χ4v) is 2.85. The Morgan fingerprint density at radius 1 is 1.33 bits per heavy atom. The molecule has 4 nitrogen and oxygen atoms in total. The van der Waals surface area contributed by atoms with Crippen molar-refractivity contribution in [3.8, 4) is 5.75 Å². The van der Waals surface area contributed by atoms with E-state index >= 15 is 0 Å². The molecule has 116 valence electrons. The molecule has 1 aliphatic heterocycles. The van der Waals surface area contributed by atoms with Crippen LogP contribution in [-0.2, 0) is 4.74 Å². The second-order valence-corrected chi connectivity index (χ2v) is 6.07. The Balaban J connectivity index is 1.59. The van der Waals surface area contributed by atoms with Crippen LogP contribution in [0.4, 0.5) is 4.39 Å². The molecule has 0 amide bonds. The van der Waals surface area contributed by atoms with E-state index in [1.165, 1.54) is 31.4 Å². The van der Waals surface area contributed by atoms with Gasteiger partial charge >= 0.3 is 0 Å². The quantitative estimate of drug-likeness (QED) is 0.920. The van der Waals surface area contributed by atoms with Gasteiger partial charge in [-0.3, -0.25) is 4.90 Å². The van der Waals surface area contributed by atoms with E-state index in [1.807, 2.05) is 0 Å². The highest BCUT2D eigenvalue weighted by Gasteiger charge is 2.37. The molecule has 5 heteroatoms. The topological polar surface area (TPSA) is 41.9 Å². The van der Waals surface area contributed by atoms with E-state index in [-0.39, 0.29) is 19.0 Å². The minimum absolute atomic E-state index is 0.155. The molecule has 1 aromatic carbocycles. The number of hydrogen-bond donors (Lipinski definition) is 1. The van der Waals surface area contributed by atoms with Gasteiger partial charge in [0.25, 0.3) is 0 Å². The fourth-order valence-electron chi connectivity index (χ4n) is 2.85. The van der Waals surface area contributed by atoms with E-state index in [0.29, 0.717) is 24.9 Å². The SMILES string of the molecule is O[C@]1(COc2ccc(F)cc2)COCCN(C2CCC2)C1. The lowest BCUT2D eigenvalue weighted by molar-refractivity contribution is -0.0698. The predicted octanol–water partition coefficient (Wildman–Crippen LogP) is 1.82. The normalized spacial score (nSPS) is 27.9. The van der Waals surface area contributed by atoms with Gasteiger partial charge in [-0.25, -0.2) is 4.39 Å². The number of ether oxygens (including phenoxy) is 2. The summed E-state index contributed by atoms with van der Waals surface area (Å²) in [6.45, 7) is 2.51. The molecule has 0 bridgehead atoms. The molecule has 0 unspecified atom stereocenters. The van der Waals surface area contributed by atoms with E-state index in [0.717, 1.165) is 6.54 Å². The molecular weight excluding hydrogens is 273 g/mol. The largest absolute Gasteiger partial charge is 0.490 e. The highest BCUT2D eigenvalue weighted by Crippen LogP contribution is 2.27. The molecule has 0 spiro atoms. The summed E-state index contributed by atoms with van der Waals surface area (Å²) in [7, 11) is 0. The molecule has 2 aliphatic rings. The van der Waals surface area contributed by atoms with Crippen molar-refractivity contribution in [2.45, 2.75) is 30.9 Å². The van der Waals surface area contributed by atoms with Crippen LogP contribution in [0.25, 0.3) is 0 Å². The molecule has 1 aliphatic carbocycles. The van der Waals surface area contributed by atoms with E-state index < -0.39 is 5.60 Å². The smallest absolute Gasteiger partial charge is 0.134 e. The summed E-state index contributed by atoms with van der Waals surface area (Å²) in [6, 6.07) is 6.41. The van der Waals surface area contributed by atoms with Crippen molar-refractivity contribution < 1.29 is 19.0 Å². The number of β-amino-alcohol motifs (C(OH)–C–C–N with tert-alkyl or cyclic N) is 1. The summed E-state index contributed by atoms with van der Waals surface area (Å²) in [5.41, 5.74) is -1.01. The van der Waals surface area contributed by atoms with Crippen molar-refractivity contribution in [3.05, 3.63) is 30.1 Å². The molecule has 1 heterocycles. The number of benzene rings is 1. The van der Waals surface area contributed by atoms with Gasteiger partial charge in [0.05, 0.1) is 13.2 Å². The molecule has 3 rings (SSSR count). The van der Waals surface area contributed by atoms with Crippen LogP contribution >= 0.6 is 0 Å². The number of hydrogen-bond acceptors (Lipinski definition) is 4. The van der Waals surface area contributed by atoms with Crippen molar-refractivity contribution in [3.63, 3.8) is 0 Å². The number of halogens is 1. The maximum Gasteiger partial charge on any atom is 0.134 e. The highest BCUT2D eigenvalue weighted by molar-refractivity contribution is 5.22. The van der Waals surface area contributed by atoms with Crippen LogP contribution in [0, 0.1) is 5.82 Å². The van der Waals surface area contributed by atoms with E-state index in [4.69, 9.17) is 9.47 Å². The molecule has 1 atom stereocenters. The second kappa shape index (κ2) is 6.30. The summed E-state index contributed by atoms with van der Waals surface area (Å²) in [6.07, 6.45) is 3.68. The van der Waals surface area contributed by atoms with Crippen LogP contribution in [-0.4, -0.2) is 54.6 Å². The molecule has 0 radical (unpaired) electrons. The van der Waals surface area contributed by atoms with Gasteiger partial charge in [0.1, 0.15) is 23.8 Å². The maximum atomic E-state index is 12.9. The molecule has 0 aromatic heterocycles. The summed E-state index contributed by atoms with van der Waals surface area (Å²) >= 11 is 0. The molecule has 1 aromatic rings. The van der Waals surface area contributed by atoms with Gasteiger partial charge in [0, 0.05) is 19.1 Å². The van der Waals surface area contributed by atoms with Gasteiger partial charge in [-0.2, -0.15) is 0 Å². The Labute approximate surface area is 124 Å². The first-order valence-electron chi connectivity index (χ1n) is 7.57. The predicted molar refractivity (Wildman–Crippen MR) is 76.9 cm³/mol. The number of rotatable bonds is 4. The van der Waals surface area contributed by atoms with Crippen molar-refractivity contribution >= 4 is 0 Å². The third-order valence-electron chi connectivity index (χ3n) is 4.30. The van der Waals surface area contributed by atoms with E-state index in [1.54, 1.807) is 12.1 Å². The zero-order valence-corrected chi connectivity index (χ0v) is 12.1. The van der Waals surface area contributed by atoms with Crippen molar-refractivity contribution in [2.75, 3.05) is 32.9 Å². The summed E-state index contributed by atoms with van der Waals surface area (Å²) in [4.78, 5) is 2.31. The molecular formula is C16H22FNO3. The molecule has 1 saturated heterocycles. The lowest BCUT2D eigenvalue weighted by Gasteiger charge is -2.39. The first kappa shape index (κ1) is 14.8. The first-order valence-corrected chi connectivity index (χ1v) is 7.57. The third kappa shape index (κ3) is 3.73. The summed E-state index contributed by atoms with van der Waals surface area (Å²) < 4.78 is 24.0. The average Bonchev–Trinajstić information content (AvgIpc) is 2.59. The van der Waals surface area contributed by atoms with Crippen LogP contribution in [0.15, 0.2) is 24.3 Å². The maximum absolute atomic E-state index is 12.9. The van der Waals surface area contributed by atoms with Crippen LogP contribution < -0.4 is 4.74 Å². The Morgan fingerprint density at radius 3 is 2.76 bits per heavy atom. The molecule has 21 heavy (non-hydrogen) atoms. The van der Waals surface area contributed by atoms with Crippen LogP contribution in [0.3, 0.4) is 0 Å². The standard InChI is InChI=1S/C16H22FNO3/c17-13-4-6-15(7-5-13)21-12-16(19)10-18(8-9-20-11-16)14-2-1-3-14/h4-7,14,19H,1-3,8-12H2/t16-/m0/s1. The molecule has 2 fully saturated rings. The van der Waals surface area contributed by atoms with Crippen molar-refractivity contribution in [1.29, 1.82) is 0 Å². The molecule has 1 saturated carbocycles. The van der Waals surface area contributed by atoms with Crippen LogP contribution in [0.2, 0.25) is 0 Å². The minimum Gasteiger partial charge on any atom is -0.490 e. The van der Waals surface area contributed by atoms with Crippen molar-refractivity contribution in [1.82, 2.24) is 4.90 Å². The lowest BCUT2D eigenvalue weighted by Crippen LogP contribution is -2.52. The Morgan fingerprint density at radius 2 is 2.10 bits per heavy atom. The van der Waals surface area contributed by atoms with E-state index in [2.05, 4.69) is 4.90 Å². The van der Waals surface area contributed by atoms with Gasteiger partial charge in [0.15, 0.2) is 0 Å². The summed E-state index contributed by atoms with van der Waals surface area (Å²) in [5.74, 6) is 0.263. The highest BCUT2D eigenvalue weighted by atomic mass is 19.1. The van der Waals surface area contributed by atoms with Gasteiger partial charge in [0.2, 0.25) is 0 Å². The van der Waals surface area contributed by atoms with Crippen LogP contribution in [0.5, 0.6) is 5.75 Å². The van der Waals surface area contributed by atoms with Crippen molar-refractivity contribution in [2.24, 2.45) is 0 Å². The lowest BCUT2D eigenvalue weighted by atomic mass is 9.90. The van der Waals surface area contributed by atoms with Gasteiger partial charge in [-0.15, -0.1) is 0 Å². The molecule has 1 N–H and O–H groups in total. The van der Waals surface area contributed by atoms with Crippen LogP contribution in [0.1, 0.15) is 19.3 Å². The zero-order chi connectivity index (χ0) is 14.7. The van der Waals surface area contributed by atoms with Gasteiger partial charge in [-0.05, 0) is 37.1 Å². The number of aliphatic hydroxyl groups is 1. The third-order valence-corrected chi connectivity index (χ3v) is 4.30. The monoisotopic (exact) mass is 295 g/mol. The Kier molecular flexibility index (Phi) is 4.42. The minimum atomic E-state index is -1.01. The number of nitrogens with zero attached hydrogens (tertiary/aromatic N) is 1. The first-order chi connectivity index (χ1) is 10.1. The summed E-state index contributed by atoms with van der Waals surface area (Å²) in [5, 5.41) is 10.7. The fraction of sp³-hybridized carbons (Fsp3) is 0.625. The van der Waals surface area contributed by atoms with E-state index in [9.17, 15) is 9.50 Å². The zero-order valence-electron chi connectivity index (χ0n) is 12.1. The van der Waals surface area contributed by atoms with Gasteiger partial charge < -0.3 is 14.6 Å². The van der Waals surface area contributed by atoms with Gasteiger partial charge in [-0.1, -0.05) is 6.42 Å². The Hall–Kier alpha value is -1.17. The Bertz CT molecular complexity index is 463. The average molecular weight is 295 g/mol.